The molecule has 0 radical (unpaired) electrons. The Kier molecular flexibility index (Phi) is 4.79. The lowest BCUT2D eigenvalue weighted by atomic mass is 9.87. The molecule has 1 atom stereocenters. The van der Waals surface area contributed by atoms with E-state index in [-0.39, 0.29) is 0 Å². The van der Waals surface area contributed by atoms with E-state index in [0.29, 0.717) is 6.04 Å². The monoisotopic (exact) mass is 247 g/mol. The Bertz CT molecular complexity index is 383. The maximum absolute atomic E-state index is 5.44. The van der Waals surface area contributed by atoms with Crippen molar-refractivity contribution in [2.24, 2.45) is 5.92 Å². The van der Waals surface area contributed by atoms with E-state index in [2.05, 4.69) is 44.4 Å². The standard InChI is InChI=1S/C16H25NO/c1-12-4-5-13(2)15(10-12)16(17-3)11-14-6-8-18-9-7-14/h4-5,10,14,16-17H,6-9,11H2,1-3H3. The Labute approximate surface area is 111 Å². The third-order valence-electron chi connectivity index (χ3n) is 4.07. The highest BCUT2D eigenvalue weighted by Crippen LogP contribution is 2.29. The van der Waals surface area contributed by atoms with E-state index in [1.807, 2.05) is 0 Å². The van der Waals surface area contributed by atoms with Crippen molar-refractivity contribution in [1.29, 1.82) is 0 Å². The molecule has 1 aromatic carbocycles. The van der Waals surface area contributed by atoms with E-state index in [9.17, 15) is 0 Å². The minimum atomic E-state index is 0.480. The van der Waals surface area contributed by atoms with Gasteiger partial charge in [0.1, 0.15) is 0 Å². The molecule has 1 heterocycles. The van der Waals surface area contributed by atoms with E-state index in [1.165, 1.54) is 36.0 Å². The number of hydrogen-bond acceptors (Lipinski definition) is 2. The van der Waals surface area contributed by atoms with Crippen LogP contribution in [0.15, 0.2) is 18.2 Å². The number of nitrogens with one attached hydrogen (secondary N) is 1. The second-order valence-electron chi connectivity index (χ2n) is 5.49. The molecule has 1 fully saturated rings. The zero-order valence-corrected chi connectivity index (χ0v) is 11.8. The van der Waals surface area contributed by atoms with Crippen LogP contribution in [0.4, 0.5) is 0 Å². The van der Waals surface area contributed by atoms with Gasteiger partial charge in [0.05, 0.1) is 0 Å². The molecular weight excluding hydrogens is 222 g/mol. The first kappa shape index (κ1) is 13.6. The summed E-state index contributed by atoms with van der Waals surface area (Å²) in [5.74, 6) is 0.802. The van der Waals surface area contributed by atoms with E-state index in [1.54, 1.807) is 0 Å². The number of aryl methyl sites for hydroxylation is 2. The fourth-order valence-electron chi connectivity index (χ4n) is 2.85. The van der Waals surface area contributed by atoms with Crippen molar-refractivity contribution in [3.63, 3.8) is 0 Å². The molecule has 1 N–H and O–H groups in total. The van der Waals surface area contributed by atoms with Crippen molar-refractivity contribution in [1.82, 2.24) is 5.32 Å². The van der Waals surface area contributed by atoms with Crippen molar-refractivity contribution >= 4 is 0 Å². The van der Waals surface area contributed by atoms with Gasteiger partial charge in [0.25, 0.3) is 0 Å². The fraction of sp³-hybridized carbons (Fsp3) is 0.625. The van der Waals surface area contributed by atoms with Gasteiger partial charge in [-0.25, -0.2) is 0 Å². The van der Waals surface area contributed by atoms with E-state index in [4.69, 9.17) is 4.74 Å². The molecule has 0 amide bonds. The maximum atomic E-state index is 5.44. The van der Waals surface area contributed by atoms with Crippen LogP contribution in [0.25, 0.3) is 0 Å². The van der Waals surface area contributed by atoms with Crippen LogP contribution in [0.1, 0.15) is 42.0 Å². The number of hydrogen-bond donors (Lipinski definition) is 1. The van der Waals surface area contributed by atoms with Crippen LogP contribution < -0.4 is 5.32 Å². The molecule has 18 heavy (non-hydrogen) atoms. The van der Waals surface area contributed by atoms with Crippen LogP contribution in [-0.2, 0) is 4.74 Å². The quantitative estimate of drug-likeness (QED) is 0.880. The first-order valence-electron chi connectivity index (χ1n) is 7.03. The molecule has 100 valence electrons. The number of benzene rings is 1. The molecule has 0 spiro atoms. The van der Waals surface area contributed by atoms with Gasteiger partial charge in [-0.05, 0) is 57.2 Å². The van der Waals surface area contributed by atoms with Crippen LogP contribution in [0.5, 0.6) is 0 Å². The molecule has 2 heteroatoms. The van der Waals surface area contributed by atoms with Crippen molar-refractivity contribution in [2.45, 2.75) is 39.2 Å². The first-order chi connectivity index (χ1) is 8.70. The molecule has 1 saturated heterocycles. The summed E-state index contributed by atoms with van der Waals surface area (Å²) in [6, 6.07) is 7.24. The second-order valence-corrected chi connectivity index (χ2v) is 5.49. The Hall–Kier alpha value is -0.860. The molecular formula is C16H25NO. The molecule has 0 aliphatic carbocycles. The summed E-state index contributed by atoms with van der Waals surface area (Å²) in [7, 11) is 2.08. The molecule has 2 nitrogen and oxygen atoms in total. The first-order valence-corrected chi connectivity index (χ1v) is 7.03. The summed E-state index contributed by atoms with van der Waals surface area (Å²) in [6.07, 6.45) is 3.65. The SMILES string of the molecule is CNC(CC1CCOCC1)c1cc(C)ccc1C. The van der Waals surface area contributed by atoms with E-state index >= 15 is 0 Å². The van der Waals surface area contributed by atoms with Crippen molar-refractivity contribution in [3.05, 3.63) is 34.9 Å². The summed E-state index contributed by atoms with van der Waals surface area (Å²) >= 11 is 0. The average molecular weight is 247 g/mol. The molecule has 1 aliphatic rings. The van der Waals surface area contributed by atoms with Crippen LogP contribution in [-0.4, -0.2) is 20.3 Å². The molecule has 1 aliphatic heterocycles. The highest BCUT2D eigenvalue weighted by Gasteiger charge is 2.20. The maximum Gasteiger partial charge on any atom is 0.0468 e. The van der Waals surface area contributed by atoms with Gasteiger partial charge in [0.15, 0.2) is 0 Å². The lowest BCUT2D eigenvalue weighted by Gasteiger charge is -2.27. The summed E-state index contributed by atoms with van der Waals surface area (Å²) in [6.45, 7) is 6.26. The van der Waals surface area contributed by atoms with Gasteiger partial charge in [-0.1, -0.05) is 23.8 Å². The Morgan fingerprint density at radius 3 is 2.67 bits per heavy atom. The largest absolute Gasteiger partial charge is 0.381 e. The van der Waals surface area contributed by atoms with Gasteiger partial charge in [0, 0.05) is 19.3 Å². The van der Waals surface area contributed by atoms with Gasteiger partial charge >= 0.3 is 0 Å². The summed E-state index contributed by atoms with van der Waals surface area (Å²) in [4.78, 5) is 0. The smallest absolute Gasteiger partial charge is 0.0468 e. The van der Waals surface area contributed by atoms with Crippen LogP contribution >= 0.6 is 0 Å². The van der Waals surface area contributed by atoms with E-state index in [0.717, 1.165) is 19.1 Å². The van der Waals surface area contributed by atoms with Crippen molar-refractivity contribution in [3.8, 4) is 0 Å². The molecule has 0 bridgehead atoms. The number of ether oxygens (including phenoxy) is 1. The predicted molar refractivity (Wildman–Crippen MR) is 75.9 cm³/mol. The summed E-state index contributed by atoms with van der Waals surface area (Å²) in [5.41, 5.74) is 4.21. The Morgan fingerprint density at radius 2 is 2.00 bits per heavy atom. The lowest BCUT2D eigenvalue weighted by Crippen LogP contribution is -2.24. The van der Waals surface area contributed by atoms with Crippen molar-refractivity contribution in [2.75, 3.05) is 20.3 Å². The van der Waals surface area contributed by atoms with Gasteiger partial charge in [-0.15, -0.1) is 0 Å². The predicted octanol–water partition coefficient (Wildman–Crippen LogP) is 3.38. The van der Waals surface area contributed by atoms with Crippen LogP contribution in [0, 0.1) is 19.8 Å². The second kappa shape index (κ2) is 6.35. The number of rotatable bonds is 4. The minimum absolute atomic E-state index is 0.480. The zero-order chi connectivity index (χ0) is 13.0. The van der Waals surface area contributed by atoms with Gasteiger partial charge in [-0.3, -0.25) is 0 Å². The molecule has 0 saturated carbocycles. The van der Waals surface area contributed by atoms with Gasteiger partial charge in [0.2, 0.25) is 0 Å². The van der Waals surface area contributed by atoms with Gasteiger partial charge in [-0.2, -0.15) is 0 Å². The molecule has 2 rings (SSSR count). The Balaban J connectivity index is 2.09. The lowest BCUT2D eigenvalue weighted by molar-refractivity contribution is 0.0608. The van der Waals surface area contributed by atoms with Crippen LogP contribution in [0.2, 0.25) is 0 Å². The molecule has 1 aromatic rings. The minimum Gasteiger partial charge on any atom is -0.381 e. The van der Waals surface area contributed by atoms with Crippen molar-refractivity contribution < 1.29 is 4.74 Å². The third kappa shape index (κ3) is 3.33. The third-order valence-corrected chi connectivity index (χ3v) is 4.07. The normalized spacial score (nSPS) is 18.8. The summed E-state index contributed by atoms with van der Waals surface area (Å²) < 4.78 is 5.44. The average Bonchev–Trinajstić information content (AvgIpc) is 2.40. The highest BCUT2D eigenvalue weighted by molar-refractivity contribution is 5.33. The summed E-state index contributed by atoms with van der Waals surface area (Å²) in [5, 5.41) is 3.49. The zero-order valence-electron chi connectivity index (χ0n) is 11.8. The molecule has 1 unspecified atom stereocenters. The topological polar surface area (TPSA) is 21.3 Å². The van der Waals surface area contributed by atoms with Gasteiger partial charge < -0.3 is 10.1 Å². The highest BCUT2D eigenvalue weighted by atomic mass is 16.5. The fourth-order valence-corrected chi connectivity index (χ4v) is 2.85. The van der Waals surface area contributed by atoms with Crippen LogP contribution in [0.3, 0.4) is 0 Å². The Morgan fingerprint density at radius 1 is 1.28 bits per heavy atom. The molecule has 0 aromatic heterocycles. The van der Waals surface area contributed by atoms with E-state index < -0.39 is 0 Å².